The van der Waals surface area contributed by atoms with Gasteiger partial charge in [0.1, 0.15) is 78.8 Å². The van der Waals surface area contributed by atoms with Gasteiger partial charge in [0.15, 0.2) is 0 Å². The number of aromatic amines is 1. The first-order chi connectivity index (χ1) is 55.7. The molecule has 0 radical (unpaired) electrons. The van der Waals surface area contributed by atoms with Gasteiger partial charge < -0.3 is 118 Å². The van der Waals surface area contributed by atoms with E-state index in [1.807, 2.05) is 12.1 Å². The molecule has 6 rings (SSSR count). The smallest absolute Gasteiger partial charge is 0.245 e. The van der Waals surface area contributed by atoms with E-state index >= 15 is 24.0 Å². The number of rotatable bonds is 40. The number of aromatic nitrogens is 1. The molecule has 27 N–H and O–H groups in total. The standard InChI is InChI=1S/C77H106N20O19S/c1-41(98)66-77(115)95-59(36-48-38-85-51-14-7-6-13-50(48)51)75(113)91-54(23-25-62(80)101)70(108)96-61(40-117-32-27-56(87-43(3)100)71(109)90-55(72(110)97-66)24-26-63(81)102)76(114)93-57(34-44-18-21-49(22-19-44)116-31-29-79)74(112)92-58(35-45-17-20-46-11-4-5-12-47(46)33-45)73(111)89-53(16-10-28-78)68(106)88-52(15-8-9-30-84-42(2)99)69(107)94-60(37-64(82)103)67(105)86-39-65(83)104/h4-7,11-14,17-22,33,38,41,52-61,66,85,98H,8-10,15-16,23-32,34-37,39-40,78-79H2,1-3H3,(H2,80,101)(H2,81,102)(H2,82,103)(H2,83,104)(H,84,99)(H,86,105)(H,87,100)(H,88,106)(H,89,111)(H,90,109)(H,91,113)(H,92,112)(H,93,114)(H,94,107)(H,95,115)(H,96,108)(H,97,110)/t41-,52+,53+,54+,55+,56+,57+,58+,59+,60+,61+,66+/m1/s1. The molecular formula is C77H106N20O19S. The molecule has 0 aliphatic carbocycles. The van der Waals surface area contributed by atoms with Crippen LogP contribution in [0, 0.1) is 0 Å². The second-order valence-electron chi connectivity index (χ2n) is 28.1. The van der Waals surface area contributed by atoms with Gasteiger partial charge in [-0.1, -0.05) is 72.8 Å². The Hall–Kier alpha value is -12.3. The van der Waals surface area contributed by atoms with Gasteiger partial charge in [0.2, 0.25) is 100 Å². The zero-order chi connectivity index (χ0) is 85.8. The Morgan fingerprint density at radius 3 is 1.71 bits per heavy atom. The number of aliphatic hydroxyl groups excluding tert-OH is 1. The molecule has 12 atom stereocenters. The summed E-state index contributed by atoms with van der Waals surface area (Å²) >= 11 is 0.927. The summed E-state index contributed by atoms with van der Waals surface area (Å²) in [7, 11) is 0. The first kappa shape index (κ1) is 93.6. The highest BCUT2D eigenvalue weighted by molar-refractivity contribution is 7.99. The number of unbranched alkanes of at least 4 members (excludes halogenated alkanes) is 1. The number of thioether (sulfide) groups is 1. The summed E-state index contributed by atoms with van der Waals surface area (Å²) < 4.78 is 5.72. The topological polar surface area (TPSA) is 648 Å². The Kier molecular flexibility index (Phi) is 38.0. The highest BCUT2D eigenvalue weighted by Gasteiger charge is 2.39. The minimum atomic E-state index is -1.89. The number of primary amides is 4. The maximum atomic E-state index is 15.6. The van der Waals surface area contributed by atoms with Crippen LogP contribution in [0.5, 0.6) is 5.75 Å². The molecule has 117 heavy (non-hydrogen) atoms. The van der Waals surface area contributed by atoms with E-state index in [1.165, 1.54) is 6.92 Å². The van der Waals surface area contributed by atoms with Crippen molar-refractivity contribution in [2.75, 3.05) is 44.3 Å². The molecule has 1 saturated heterocycles. The molecule has 0 unspecified atom stereocenters. The fourth-order valence-electron chi connectivity index (χ4n) is 12.5. The van der Waals surface area contributed by atoms with E-state index in [0.29, 0.717) is 38.7 Å². The average Bonchev–Trinajstić information content (AvgIpc) is 1.76. The number of aliphatic hydroxyl groups is 1. The van der Waals surface area contributed by atoms with E-state index < -0.39 is 211 Å². The molecule has 40 heteroatoms. The van der Waals surface area contributed by atoms with Crippen molar-refractivity contribution >= 4 is 134 Å². The van der Waals surface area contributed by atoms with Crippen LogP contribution in [0.2, 0.25) is 0 Å². The molecule has 1 aliphatic rings. The number of fused-ring (bicyclic) bond motifs is 2. The van der Waals surface area contributed by atoms with Crippen LogP contribution in [0.15, 0.2) is 97.2 Å². The molecule has 5 aromatic rings. The Bertz CT molecular complexity index is 4360. The molecule has 0 spiro atoms. The van der Waals surface area contributed by atoms with Gasteiger partial charge in [-0.3, -0.25) is 81.5 Å². The first-order valence-electron chi connectivity index (χ1n) is 38.1. The largest absolute Gasteiger partial charge is 0.492 e. The van der Waals surface area contributed by atoms with Gasteiger partial charge in [-0.2, -0.15) is 11.8 Å². The van der Waals surface area contributed by atoms with Crippen molar-refractivity contribution in [3.05, 3.63) is 114 Å². The number of nitrogens with one attached hydrogen (secondary N) is 14. The van der Waals surface area contributed by atoms with Gasteiger partial charge in [0.25, 0.3) is 0 Å². The van der Waals surface area contributed by atoms with Gasteiger partial charge in [0.05, 0.1) is 19.1 Å². The summed E-state index contributed by atoms with van der Waals surface area (Å²) in [6.45, 7) is 3.26. The zero-order valence-corrected chi connectivity index (χ0v) is 66.0. The minimum absolute atomic E-state index is 0.0287. The molecule has 0 saturated carbocycles. The Morgan fingerprint density at radius 2 is 1.10 bits per heavy atom. The summed E-state index contributed by atoms with van der Waals surface area (Å²) in [5.74, 6) is -16.7. The SMILES string of the molecule is CC(=O)NCCCC[C@H](NC(=O)[C@H](CCCN)NC(=O)[C@H](Cc1ccc2ccccc2c1)NC(=O)[C@H](Cc1ccc(OCCN)cc1)NC(=O)[C@@H]1CSCC[C@H](NC(C)=O)C(=O)N[C@@H](CCC(N)=O)C(=O)N[C@@H]([C@@H](C)O)C(=O)N[C@@H](Cc2c[nH]c3ccccc23)C(=O)N[C@@H](CCC(N)=O)C(=O)N1)C(=O)N[C@@H](CC(N)=O)C(=O)NCC(N)=O. The molecule has 0 bridgehead atoms. The maximum Gasteiger partial charge on any atom is 0.245 e. The Balaban J connectivity index is 1.44. The second kappa shape index (κ2) is 47.5. The predicted octanol–water partition coefficient (Wildman–Crippen LogP) is -5.39. The van der Waals surface area contributed by atoms with Crippen molar-refractivity contribution in [3.8, 4) is 5.75 Å². The third kappa shape index (κ3) is 31.8. The van der Waals surface area contributed by atoms with Crippen LogP contribution in [0.3, 0.4) is 0 Å². The average molecular weight is 1650 g/mol. The quantitative estimate of drug-likeness (QED) is 0.0163. The van der Waals surface area contributed by atoms with Crippen molar-refractivity contribution in [2.45, 2.75) is 183 Å². The zero-order valence-electron chi connectivity index (χ0n) is 65.2. The van der Waals surface area contributed by atoms with Crippen LogP contribution >= 0.6 is 11.8 Å². The fourth-order valence-corrected chi connectivity index (χ4v) is 13.5. The molecule has 2 heterocycles. The van der Waals surface area contributed by atoms with Gasteiger partial charge in [-0.15, -0.1) is 0 Å². The van der Waals surface area contributed by atoms with E-state index in [9.17, 15) is 62.6 Å². The predicted molar refractivity (Wildman–Crippen MR) is 429 cm³/mol. The molecule has 4 aromatic carbocycles. The number of carbonyl (C=O) groups is 17. The summed E-state index contributed by atoms with van der Waals surface area (Å²) in [4.78, 5) is 238. The summed E-state index contributed by atoms with van der Waals surface area (Å²) in [5, 5.41) is 46.4. The number of para-hydroxylation sites is 1. The first-order valence-corrected chi connectivity index (χ1v) is 39.2. The van der Waals surface area contributed by atoms with Gasteiger partial charge in [-0.25, -0.2) is 0 Å². The van der Waals surface area contributed by atoms with Crippen LogP contribution in [0.1, 0.15) is 108 Å². The number of benzene rings is 4. The van der Waals surface area contributed by atoms with E-state index in [2.05, 4.69) is 74.1 Å². The van der Waals surface area contributed by atoms with Crippen molar-refractivity contribution in [1.29, 1.82) is 0 Å². The van der Waals surface area contributed by atoms with Crippen molar-refractivity contribution in [3.63, 3.8) is 0 Å². The lowest BCUT2D eigenvalue weighted by Gasteiger charge is -2.29. The lowest BCUT2D eigenvalue weighted by molar-refractivity contribution is -0.137. The monoisotopic (exact) mass is 1650 g/mol. The molecule has 1 aliphatic heterocycles. The summed E-state index contributed by atoms with van der Waals surface area (Å²) in [6, 6.07) is 7.26. The van der Waals surface area contributed by atoms with Crippen LogP contribution in [0.25, 0.3) is 21.7 Å². The number of ether oxygens (including phenoxy) is 1. The number of carbonyl (C=O) groups excluding carboxylic acids is 17. The Morgan fingerprint density at radius 1 is 0.547 bits per heavy atom. The van der Waals surface area contributed by atoms with Gasteiger partial charge in [-0.05, 0) is 116 Å². The third-order valence-corrected chi connectivity index (χ3v) is 19.7. The molecule has 634 valence electrons. The van der Waals surface area contributed by atoms with Crippen LogP contribution in [-0.2, 0) is 101 Å². The molecule has 39 nitrogen and oxygen atoms in total. The van der Waals surface area contributed by atoms with Gasteiger partial charge in [0, 0.05) is 81.9 Å². The third-order valence-electron chi connectivity index (χ3n) is 18.6. The fraction of sp³-hybridized carbons (Fsp3) is 0.468. The highest BCUT2D eigenvalue weighted by Crippen LogP contribution is 2.22. The second-order valence-corrected chi connectivity index (χ2v) is 29.3. The number of amides is 17. The van der Waals surface area contributed by atoms with Crippen molar-refractivity contribution in [1.82, 2.24) is 74.1 Å². The van der Waals surface area contributed by atoms with Crippen LogP contribution in [-0.4, -0.2) is 227 Å². The van der Waals surface area contributed by atoms with E-state index in [-0.39, 0.29) is 95.7 Å². The number of hydrogen-bond donors (Lipinski definition) is 21. The maximum absolute atomic E-state index is 15.6. The molecule has 1 aromatic heterocycles. The van der Waals surface area contributed by atoms with Crippen molar-refractivity contribution in [2.24, 2.45) is 34.4 Å². The highest BCUT2D eigenvalue weighted by atomic mass is 32.2. The normalized spacial score (nSPS) is 18.6. The molecule has 17 amide bonds. The molecule has 1 fully saturated rings. The lowest BCUT2D eigenvalue weighted by Crippen LogP contribution is -2.62. The van der Waals surface area contributed by atoms with Gasteiger partial charge >= 0.3 is 0 Å². The summed E-state index contributed by atoms with van der Waals surface area (Å²) in [5.41, 5.74) is 35.4. The number of nitrogens with two attached hydrogens (primary N) is 6. The van der Waals surface area contributed by atoms with Crippen LogP contribution < -0.4 is 108 Å². The van der Waals surface area contributed by atoms with E-state index in [0.717, 1.165) is 31.0 Å². The number of H-pyrrole nitrogens is 1. The minimum Gasteiger partial charge on any atom is -0.492 e. The molecular weight excluding hydrogens is 1540 g/mol. The van der Waals surface area contributed by atoms with Crippen LogP contribution in [0.4, 0.5) is 0 Å². The van der Waals surface area contributed by atoms with E-state index in [1.54, 1.807) is 85.1 Å². The van der Waals surface area contributed by atoms with Crippen molar-refractivity contribution < 1.29 is 91.4 Å². The Labute approximate surface area is 677 Å². The lowest BCUT2D eigenvalue weighted by atomic mass is 9.99. The van der Waals surface area contributed by atoms with E-state index in [4.69, 9.17) is 39.1 Å². The number of hydrogen-bond acceptors (Lipinski definition) is 22. The summed E-state index contributed by atoms with van der Waals surface area (Å²) in [6.07, 6.45) is -4.07.